The number of carbonyl (C=O) groups excluding carboxylic acids is 1. The standard InChI is InChI=1S/C13H13FN4O3/c1-7-8(6-16-18-7)5-15-13(21)17-11-9(12(19)20)3-2-4-10(11)14/h2-4,6H,5H2,1H3,(H,16,18)(H,19,20)(H2,15,17,21). The molecule has 2 amide bonds. The predicted octanol–water partition coefficient (Wildman–Crippen LogP) is 1.88. The van der Waals surface area contributed by atoms with Crippen LogP contribution in [0.5, 0.6) is 0 Å². The third kappa shape index (κ3) is 3.35. The number of halogens is 1. The summed E-state index contributed by atoms with van der Waals surface area (Å²) in [6, 6.07) is 2.84. The number of anilines is 1. The fourth-order valence-corrected chi connectivity index (χ4v) is 1.72. The number of urea groups is 1. The number of benzene rings is 1. The van der Waals surface area contributed by atoms with Crippen LogP contribution >= 0.6 is 0 Å². The lowest BCUT2D eigenvalue weighted by Gasteiger charge is -2.10. The number of hydrogen-bond donors (Lipinski definition) is 4. The van der Waals surface area contributed by atoms with Gasteiger partial charge in [-0.3, -0.25) is 5.10 Å². The molecule has 0 aliphatic rings. The van der Waals surface area contributed by atoms with Gasteiger partial charge in [-0.2, -0.15) is 5.10 Å². The van der Waals surface area contributed by atoms with Gasteiger partial charge in [0, 0.05) is 17.8 Å². The fourth-order valence-electron chi connectivity index (χ4n) is 1.72. The minimum atomic E-state index is -1.32. The lowest BCUT2D eigenvalue weighted by Crippen LogP contribution is -2.29. The third-order valence-electron chi connectivity index (χ3n) is 2.86. The lowest BCUT2D eigenvalue weighted by atomic mass is 10.1. The first-order chi connectivity index (χ1) is 9.99. The zero-order valence-electron chi connectivity index (χ0n) is 11.1. The number of aromatic carboxylic acids is 1. The first-order valence-corrected chi connectivity index (χ1v) is 6.04. The number of nitrogens with zero attached hydrogens (tertiary/aromatic N) is 1. The van der Waals surface area contributed by atoms with Crippen molar-refractivity contribution in [2.75, 3.05) is 5.32 Å². The Morgan fingerprint density at radius 2 is 2.19 bits per heavy atom. The van der Waals surface area contributed by atoms with Crippen molar-refractivity contribution in [3.63, 3.8) is 0 Å². The van der Waals surface area contributed by atoms with Gasteiger partial charge >= 0.3 is 12.0 Å². The zero-order chi connectivity index (χ0) is 15.4. The summed E-state index contributed by atoms with van der Waals surface area (Å²) in [5, 5.41) is 20.2. The molecule has 7 nitrogen and oxygen atoms in total. The summed E-state index contributed by atoms with van der Waals surface area (Å²) in [6.45, 7) is 1.98. The number of carboxylic acid groups (broad SMARTS) is 1. The van der Waals surface area contributed by atoms with E-state index in [1.165, 1.54) is 12.1 Å². The average Bonchev–Trinajstić information content (AvgIpc) is 2.84. The van der Waals surface area contributed by atoms with E-state index >= 15 is 0 Å². The van der Waals surface area contributed by atoms with Crippen LogP contribution in [0, 0.1) is 12.7 Å². The molecule has 0 atom stereocenters. The molecule has 1 heterocycles. The van der Waals surface area contributed by atoms with Gasteiger partial charge in [0.1, 0.15) is 5.82 Å². The molecule has 2 aromatic rings. The quantitative estimate of drug-likeness (QED) is 0.690. The summed E-state index contributed by atoms with van der Waals surface area (Å²) in [6.07, 6.45) is 1.56. The van der Waals surface area contributed by atoms with Gasteiger partial charge in [0.05, 0.1) is 17.4 Å². The molecule has 8 heteroatoms. The number of amides is 2. The number of H-pyrrole nitrogens is 1. The maximum absolute atomic E-state index is 13.6. The van der Waals surface area contributed by atoms with Crippen LogP contribution in [-0.2, 0) is 6.54 Å². The van der Waals surface area contributed by atoms with E-state index in [9.17, 15) is 14.0 Å². The van der Waals surface area contributed by atoms with Crippen molar-refractivity contribution in [1.82, 2.24) is 15.5 Å². The molecule has 0 radical (unpaired) electrons. The Balaban J connectivity index is 2.06. The number of rotatable bonds is 4. The summed E-state index contributed by atoms with van der Waals surface area (Å²) in [5.74, 6) is -2.14. The van der Waals surface area contributed by atoms with Gasteiger partial charge in [0.2, 0.25) is 0 Å². The molecule has 0 saturated carbocycles. The van der Waals surface area contributed by atoms with E-state index in [0.717, 1.165) is 17.3 Å². The highest BCUT2D eigenvalue weighted by atomic mass is 19.1. The number of aromatic nitrogens is 2. The van der Waals surface area contributed by atoms with Crippen molar-refractivity contribution in [1.29, 1.82) is 0 Å². The molecule has 2 rings (SSSR count). The Morgan fingerprint density at radius 3 is 2.81 bits per heavy atom. The van der Waals surface area contributed by atoms with E-state index in [4.69, 9.17) is 5.11 Å². The van der Waals surface area contributed by atoms with Crippen molar-refractivity contribution >= 4 is 17.7 Å². The Bertz CT molecular complexity index is 684. The number of para-hydroxylation sites is 1. The van der Waals surface area contributed by atoms with E-state index in [0.29, 0.717) is 0 Å². The molecule has 0 saturated heterocycles. The van der Waals surface area contributed by atoms with E-state index in [-0.39, 0.29) is 17.8 Å². The molecule has 0 fully saturated rings. The van der Waals surface area contributed by atoms with Crippen molar-refractivity contribution < 1.29 is 19.1 Å². The van der Waals surface area contributed by atoms with Gasteiger partial charge in [-0.15, -0.1) is 0 Å². The van der Waals surface area contributed by atoms with Crippen molar-refractivity contribution in [2.24, 2.45) is 0 Å². The number of nitrogens with one attached hydrogen (secondary N) is 3. The van der Waals surface area contributed by atoms with E-state index in [1.807, 2.05) is 0 Å². The smallest absolute Gasteiger partial charge is 0.337 e. The number of aromatic amines is 1. The molecule has 0 spiro atoms. The average molecular weight is 292 g/mol. The summed E-state index contributed by atoms with van der Waals surface area (Å²) >= 11 is 0. The van der Waals surface area contributed by atoms with Crippen LogP contribution in [0.3, 0.4) is 0 Å². The Morgan fingerprint density at radius 1 is 1.43 bits per heavy atom. The van der Waals surface area contributed by atoms with Gasteiger partial charge < -0.3 is 15.7 Å². The van der Waals surface area contributed by atoms with E-state index in [1.54, 1.807) is 13.1 Å². The molecular weight excluding hydrogens is 279 g/mol. The molecule has 0 unspecified atom stereocenters. The highest BCUT2D eigenvalue weighted by Gasteiger charge is 2.16. The molecule has 4 N–H and O–H groups in total. The first-order valence-electron chi connectivity index (χ1n) is 6.04. The van der Waals surface area contributed by atoms with Crippen LogP contribution in [0.15, 0.2) is 24.4 Å². The summed E-state index contributed by atoms with van der Waals surface area (Å²) in [7, 11) is 0. The van der Waals surface area contributed by atoms with Crippen LogP contribution in [0.1, 0.15) is 21.6 Å². The van der Waals surface area contributed by atoms with Gasteiger partial charge in [0.25, 0.3) is 0 Å². The summed E-state index contributed by atoms with van der Waals surface area (Å²) < 4.78 is 13.6. The second-order valence-corrected chi connectivity index (χ2v) is 4.30. The second kappa shape index (κ2) is 6.04. The molecule has 1 aromatic carbocycles. The van der Waals surface area contributed by atoms with Crippen LogP contribution in [0.2, 0.25) is 0 Å². The Hall–Kier alpha value is -2.90. The van der Waals surface area contributed by atoms with Gasteiger partial charge in [-0.25, -0.2) is 14.0 Å². The molecule has 0 aliphatic heterocycles. The van der Waals surface area contributed by atoms with E-state index in [2.05, 4.69) is 20.8 Å². The summed E-state index contributed by atoms with van der Waals surface area (Å²) in [5.41, 5.74) is 0.889. The zero-order valence-corrected chi connectivity index (χ0v) is 11.1. The monoisotopic (exact) mass is 292 g/mol. The van der Waals surface area contributed by atoms with Crippen molar-refractivity contribution in [2.45, 2.75) is 13.5 Å². The van der Waals surface area contributed by atoms with Crippen LogP contribution < -0.4 is 10.6 Å². The summed E-state index contributed by atoms with van der Waals surface area (Å²) in [4.78, 5) is 22.7. The van der Waals surface area contributed by atoms with Crippen LogP contribution in [0.25, 0.3) is 0 Å². The number of carbonyl (C=O) groups is 2. The first kappa shape index (κ1) is 14.5. The number of hydrogen-bond acceptors (Lipinski definition) is 3. The van der Waals surface area contributed by atoms with E-state index < -0.39 is 17.8 Å². The highest BCUT2D eigenvalue weighted by Crippen LogP contribution is 2.19. The molecule has 110 valence electrons. The van der Waals surface area contributed by atoms with Gasteiger partial charge in [-0.05, 0) is 19.1 Å². The largest absolute Gasteiger partial charge is 0.478 e. The molecule has 1 aromatic heterocycles. The molecule has 0 bridgehead atoms. The normalized spacial score (nSPS) is 10.2. The Labute approximate surface area is 119 Å². The van der Waals surface area contributed by atoms with Crippen molar-refractivity contribution in [3.05, 3.63) is 47.0 Å². The number of carboxylic acids is 1. The third-order valence-corrected chi connectivity index (χ3v) is 2.86. The molecule has 0 aliphatic carbocycles. The second-order valence-electron chi connectivity index (χ2n) is 4.30. The highest BCUT2D eigenvalue weighted by molar-refractivity contribution is 6.00. The molecular formula is C13H13FN4O3. The SMILES string of the molecule is Cc1[nH]ncc1CNC(=O)Nc1c(F)cccc1C(=O)O. The number of aryl methyl sites for hydroxylation is 1. The van der Waals surface area contributed by atoms with Gasteiger partial charge in [0.15, 0.2) is 0 Å². The maximum Gasteiger partial charge on any atom is 0.337 e. The minimum absolute atomic E-state index is 0.186. The predicted molar refractivity (Wildman–Crippen MR) is 72.5 cm³/mol. The maximum atomic E-state index is 13.6. The van der Waals surface area contributed by atoms with Gasteiger partial charge in [-0.1, -0.05) is 6.07 Å². The van der Waals surface area contributed by atoms with Crippen LogP contribution in [0.4, 0.5) is 14.9 Å². The fraction of sp³-hybridized carbons (Fsp3) is 0.154. The minimum Gasteiger partial charge on any atom is -0.478 e. The molecule has 21 heavy (non-hydrogen) atoms. The Kier molecular flexibility index (Phi) is 4.17. The van der Waals surface area contributed by atoms with Crippen LogP contribution in [-0.4, -0.2) is 27.3 Å². The topological polar surface area (TPSA) is 107 Å². The lowest BCUT2D eigenvalue weighted by molar-refractivity contribution is 0.0697. The van der Waals surface area contributed by atoms with Crippen molar-refractivity contribution in [3.8, 4) is 0 Å².